The number of fused-ring (bicyclic) bond motifs is 1. The lowest BCUT2D eigenvalue weighted by Gasteiger charge is -2.12. The Morgan fingerprint density at radius 3 is 2.75 bits per heavy atom. The molecule has 1 aromatic heterocycles. The molecule has 0 aliphatic carbocycles. The van der Waals surface area contributed by atoms with Gasteiger partial charge in [0.05, 0.1) is 10.6 Å². The van der Waals surface area contributed by atoms with Crippen molar-refractivity contribution in [2.45, 2.75) is 39.2 Å². The van der Waals surface area contributed by atoms with Gasteiger partial charge in [0.2, 0.25) is 0 Å². The van der Waals surface area contributed by atoms with E-state index in [0.29, 0.717) is 15.6 Å². The van der Waals surface area contributed by atoms with Crippen molar-refractivity contribution in [2.75, 3.05) is 5.32 Å². The van der Waals surface area contributed by atoms with Crippen LogP contribution in [0, 0.1) is 6.92 Å². The number of rotatable bonds is 3. The Morgan fingerprint density at radius 1 is 1.07 bits per heavy atom. The molecule has 7 heteroatoms. The van der Waals surface area contributed by atoms with E-state index in [1.54, 1.807) is 18.2 Å². The van der Waals surface area contributed by atoms with Gasteiger partial charge in [0, 0.05) is 29.2 Å². The van der Waals surface area contributed by atoms with Gasteiger partial charge in [-0.15, -0.1) is 10.2 Å². The second-order valence-electron chi connectivity index (χ2n) is 7.01. The summed E-state index contributed by atoms with van der Waals surface area (Å²) in [5.41, 5.74) is 2.99. The van der Waals surface area contributed by atoms with Gasteiger partial charge < -0.3 is 9.88 Å². The number of nitrogens with zero attached hydrogens (tertiary/aromatic N) is 3. The zero-order chi connectivity index (χ0) is 19.7. The molecule has 0 spiro atoms. The number of hydrogen-bond acceptors (Lipinski definition) is 3. The summed E-state index contributed by atoms with van der Waals surface area (Å²) >= 11 is 12.1. The van der Waals surface area contributed by atoms with Crippen molar-refractivity contribution in [2.24, 2.45) is 0 Å². The maximum atomic E-state index is 12.7. The van der Waals surface area contributed by atoms with Gasteiger partial charge >= 0.3 is 0 Å². The Hall–Kier alpha value is -2.37. The SMILES string of the molecule is Cc1ccc(-c2nnc3n2CCCCC3)cc1NC(=O)c1ccc(Cl)cc1Cl. The fraction of sp³-hybridized carbons (Fsp3) is 0.286. The molecule has 1 amide bonds. The van der Waals surface area contributed by atoms with E-state index >= 15 is 0 Å². The van der Waals surface area contributed by atoms with Gasteiger partial charge in [-0.05, 0) is 49.6 Å². The van der Waals surface area contributed by atoms with Crippen molar-refractivity contribution in [3.63, 3.8) is 0 Å². The number of carbonyl (C=O) groups excluding carboxylic acids is 1. The molecule has 0 bridgehead atoms. The number of nitrogens with one attached hydrogen (secondary N) is 1. The predicted molar refractivity (Wildman–Crippen MR) is 112 cm³/mol. The van der Waals surface area contributed by atoms with Crippen LogP contribution in [0.25, 0.3) is 11.4 Å². The average Bonchev–Trinajstić information content (AvgIpc) is 2.91. The molecule has 144 valence electrons. The van der Waals surface area contributed by atoms with Crippen LogP contribution in [0.2, 0.25) is 10.0 Å². The molecule has 0 unspecified atom stereocenters. The molecular weight excluding hydrogens is 395 g/mol. The van der Waals surface area contributed by atoms with E-state index in [1.807, 2.05) is 25.1 Å². The standard InChI is InChI=1S/C21H20Cl2N4O/c1-13-6-7-14(20-26-25-19-5-3-2-4-10-27(19)20)11-18(13)24-21(28)16-9-8-15(22)12-17(16)23/h6-9,11-12H,2-5,10H2,1H3,(H,24,28). The van der Waals surface area contributed by atoms with Crippen molar-refractivity contribution in [3.8, 4) is 11.4 Å². The van der Waals surface area contributed by atoms with Crippen molar-refractivity contribution in [1.82, 2.24) is 14.8 Å². The van der Waals surface area contributed by atoms with Gasteiger partial charge in [-0.1, -0.05) is 41.8 Å². The third kappa shape index (κ3) is 3.77. The van der Waals surface area contributed by atoms with Crippen LogP contribution in [0.1, 0.15) is 41.0 Å². The monoisotopic (exact) mass is 414 g/mol. The lowest BCUT2D eigenvalue weighted by Crippen LogP contribution is -2.13. The number of amides is 1. The van der Waals surface area contributed by atoms with Crippen LogP contribution in [-0.4, -0.2) is 20.7 Å². The van der Waals surface area contributed by atoms with Crippen LogP contribution in [-0.2, 0) is 13.0 Å². The summed E-state index contributed by atoms with van der Waals surface area (Å²) in [6.45, 7) is 2.88. The van der Waals surface area contributed by atoms with E-state index in [9.17, 15) is 4.79 Å². The topological polar surface area (TPSA) is 59.8 Å². The summed E-state index contributed by atoms with van der Waals surface area (Å²) < 4.78 is 2.19. The van der Waals surface area contributed by atoms with Crippen LogP contribution in [0.15, 0.2) is 36.4 Å². The van der Waals surface area contributed by atoms with Crippen molar-refractivity contribution in [1.29, 1.82) is 0 Å². The molecule has 2 aromatic carbocycles. The molecule has 0 atom stereocenters. The summed E-state index contributed by atoms with van der Waals surface area (Å²) in [5.74, 6) is 1.60. The summed E-state index contributed by atoms with van der Waals surface area (Å²) in [5, 5.41) is 12.5. The Kier molecular flexibility index (Phi) is 5.38. The lowest BCUT2D eigenvalue weighted by atomic mass is 10.1. The van der Waals surface area contributed by atoms with E-state index in [2.05, 4.69) is 20.1 Å². The van der Waals surface area contributed by atoms with Gasteiger partial charge in [0.15, 0.2) is 5.82 Å². The van der Waals surface area contributed by atoms with Gasteiger partial charge in [-0.3, -0.25) is 4.79 Å². The van der Waals surface area contributed by atoms with E-state index in [4.69, 9.17) is 23.2 Å². The average molecular weight is 415 g/mol. The van der Waals surface area contributed by atoms with Crippen LogP contribution in [0.5, 0.6) is 0 Å². The van der Waals surface area contributed by atoms with E-state index in [1.165, 1.54) is 6.42 Å². The smallest absolute Gasteiger partial charge is 0.257 e. The number of aromatic nitrogens is 3. The maximum Gasteiger partial charge on any atom is 0.257 e. The van der Waals surface area contributed by atoms with Crippen LogP contribution >= 0.6 is 23.2 Å². The summed E-state index contributed by atoms with van der Waals surface area (Å²) in [7, 11) is 0. The Balaban J connectivity index is 1.65. The van der Waals surface area contributed by atoms with Crippen LogP contribution in [0.4, 0.5) is 5.69 Å². The number of benzene rings is 2. The molecule has 1 aliphatic rings. The molecule has 0 fully saturated rings. The van der Waals surface area contributed by atoms with Crippen molar-refractivity contribution >= 4 is 34.8 Å². The third-order valence-electron chi connectivity index (χ3n) is 5.03. The lowest BCUT2D eigenvalue weighted by molar-refractivity contribution is 0.102. The van der Waals surface area contributed by atoms with Crippen molar-refractivity contribution in [3.05, 3.63) is 63.4 Å². The van der Waals surface area contributed by atoms with E-state index in [-0.39, 0.29) is 5.91 Å². The number of aryl methyl sites for hydroxylation is 2. The van der Waals surface area contributed by atoms with E-state index < -0.39 is 0 Å². The fourth-order valence-corrected chi connectivity index (χ4v) is 3.95. The first-order valence-electron chi connectivity index (χ1n) is 9.32. The Bertz CT molecular complexity index is 1040. The highest BCUT2D eigenvalue weighted by atomic mass is 35.5. The van der Waals surface area contributed by atoms with Gasteiger partial charge in [0.25, 0.3) is 5.91 Å². The summed E-state index contributed by atoms with van der Waals surface area (Å²) in [6, 6.07) is 10.8. The molecule has 3 aromatic rings. The molecular formula is C21H20Cl2N4O. The van der Waals surface area contributed by atoms with Crippen molar-refractivity contribution < 1.29 is 4.79 Å². The number of carbonyl (C=O) groups is 1. The van der Waals surface area contributed by atoms with Crippen LogP contribution in [0.3, 0.4) is 0 Å². The molecule has 2 heterocycles. The van der Waals surface area contributed by atoms with Gasteiger partial charge in [0.1, 0.15) is 5.82 Å². The fourth-order valence-electron chi connectivity index (χ4n) is 3.46. The number of halogens is 2. The second kappa shape index (κ2) is 7.94. The molecule has 0 saturated carbocycles. The van der Waals surface area contributed by atoms with E-state index in [0.717, 1.165) is 54.3 Å². The zero-order valence-corrected chi connectivity index (χ0v) is 17.0. The third-order valence-corrected chi connectivity index (χ3v) is 5.58. The first-order chi connectivity index (χ1) is 13.5. The highest BCUT2D eigenvalue weighted by Gasteiger charge is 2.18. The predicted octanol–water partition coefficient (Wildman–Crippen LogP) is 5.54. The Morgan fingerprint density at radius 2 is 1.93 bits per heavy atom. The Labute approximate surface area is 173 Å². The van der Waals surface area contributed by atoms with Gasteiger partial charge in [-0.2, -0.15) is 0 Å². The van der Waals surface area contributed by atoms with Crippen LogP contribution < -0.4 is 5.32 Å². The summed E-state index contributed by atoms with van der Waals surface area (Å²) in [4.78, 5) is 12.7. The highest BCUT2D eigenvalue weighted by Crippen LogP contribution is 2.28. The molecule has 0 radical (unpaired) electrons. The quantitative estimate of drug-likeness (QED) is 0.611. The largest absolute Gasteiger partial charge is 0.322 e. The normalized spacial score (nSPS) is 13.7. The summed E-state index contributed by atoms with van der Waals surface area (Å²) in [6.07, 6.45) is 4.44. The molecule has 28 heavy (non-hydrogen) atoms. The highest BCUT2D eigenvalue weighted by molar-refractivity contribution is 6.37. The minimum atomic E-state index is -0.276. The molecule has 4 rings (SSSR count). The first-order valence-corrected chi connectivity index (χ1v) is 10.1. The molecule has 0 saturated heterocycles. The first kappa shape index (κ1) is 19.0. The maximum absolute atomic E-state index is 12.7. The molecule has 5 nitrogen and oxygen atoms in total. The second-order valence-corrected chi connectivity index (χ2v) is 7.85. The minimum Gasteiger partial charge on any atom is -0.322 e. The minimum absolute atomic E-state index is 0.276. The number of anilines is 1. The molecule has 1 N–H and O–H groups in total. The number of hydrogen-bond donors (Lipinski definition) is 1. The zero-order valence-electron chi connectivity index (χ0n) is 15.5. The molecule has 1 aliphatic heterocycles. The van der Waals surface area contributed by atoms with Gasteiger partial charge in [-0.25, -0.2) is 0 Å².